The third-order valence-electron chi connectivity index (χ3n) is 2.04. The predicted octanol–water partition coefficient (Wildman–Crippen LogP) is -1.58. The summed E-state index contributed by atoms with van der Waals surface area (Å²) in [5.74, 6) is 3.28. The number of hydrogen-bond acceptors (Lipinski definition) is 7. The number of aliphatic carboxylic acids is 2. The molecule has 6 N–H and O–H groups in total. The maximum atomic E-state index is 10.3. The Labute approximate surface area is 145 Å². The van der Waals surface area contributed by atoms with E-state index in [1.54, 1.807) is 0 Å². The molecule has 0 amide bonds. The fraction of sp³-hybridized carbons (Fsp3) is 0.438. The molecule has 3 atom stereocenters. The second-order valence-corrected chi connectivity index (χ2v) is 4.06. The van der Waals surface area contributed by atoms with E-state index in [2.05, 4.69) is 16.6 Å². The lowest BCUT2D eigenvalue weighted by Gasteiger charge is -2.01. The zero-order valence-electron chi connectivity index (χ0n) is 13.6. The van der Waals surface area contributed by atoms with Gasteiger partial charge < -0.3 is 30.9 Å². The molecule has 0 fully saturated rings. The quantitative estimate of drug-likeness (QED) is 0.279. The number of aliphatic hydroxyl groups is 2. The van der Waals surface area contributed by atoms with Crippen LogP contribution in [0.3, 0.4) is 0 Å². The molecular weight excluding hydrogens is 334 g/mol. The average molecular weight is 355 g/mol. The van der Waals surface area contributed by atoms with E-state index in [1.807, 2.05) is 5.92 Å². The number of ether oxygens (including phenoxy) is 1. The Morgan fingerprint density at radius 2 is 1.32 bits per heavy atom. The molecule has 0 aromatic rings. The van der Waals surface area contributed by atoms with Crippen molar-refractivity contribution in [1.29, 1.82) is 0 Å². The summed E-state index contributed by atoms with van der Waals surface area (Å²) >= 11 is 0. The molecule has 0 saturated carbocycles. The Balaban J connectivity index is -0.000000291. The standard InChI is InChI=1S/C6H8O3.C5H7NO2.C5H6O3/c1-3-4-5(7)6(8)9-2;2*1-2-3-4(6)5(7)8/h1,5,7H,4H2,2H3;1,4H,3,6H2,(H,7,8);1,4,6H,3H2,(H,7,8)/t5-;2*4-/m111/s1. The number of methoxy groups -OCH3 is 1. The van der Waals surface area contributed by atoms with Gasteiger partial charge in [0.25, 0.3) is 0 Å². The molecule has 0 rings (SSSR count). The molecule has 0 aliphatic rings. The maximum Gasteiger partial charge on any atom is 0.335 e. The number of carbonyl (C=O) groups excluding carboxylic acids is 1. The van der Waals surface area contributed by atoms with E-state index in [9.17, 15) is 14.4 Å². The lowest BCUT2D eigenvalue weighted by molar-refractivity contribution is -0.150. The van der Waals surface area contributed by atoms with E-state index in [0.29, 0.717) is 0 Å². The van der Waals surface area contributed by atoms with Gasteiger partial charge in [0.2, 0.25) is 0 Å². The summed E-state index contributed by atoms with van der Waals surface area (Å²) in [6, 6.07) is -0.903. The summed E-state index contributed by atoms with van der Waals surface area (Å²) in [6.45, 7) is 0. The molecule has 0 radical (unpaired) electrons. The van der Waals surface area contributed by atoms with Crippen molar-refractivity contribution in [1.82, 2.24) is 0 Å². The number of carboxylic acid groups (broad SMARTS) is 2. The molecule has 0 aliphatic carbocycles. The van der Waals surface area contributed by atoms with E-state index in [1.165, 1.54) is 7.11 Å². The number of nitrogens with two attached hydrogens (primary N) is 1. The van der Waals surface area contributed by atoms with Crippen LogP contribution in [0.2, 0.25) is 0 Å². The van der Waals surface area contributed by atoms with Crippen molar-refractivity contribution in [2.45, 2.75) is 37.5 Å². The highest BCUT2D eigenvalue weighted by Gasteiger charge is 2.12. The zero-order chi connectivity index (χ0) is 20.4. The van der Waals surface area contributed by atoms with Gasteiger partial charge in [0.1, 0.15) is 6.04 Å². The van der Waals surface area contributed by atoms with Gasteiger partial charge in [0, 0.05) is 19.3 Å². The normalized spacial score (nSPS) is 11.9. The van der Waals surface area contributed by atoms with E-state index in [-0.39, 0.29) is 19.3 Å². The summed E-state index contributed by atoms with van der Waals surface area (Å²) < 4.78 is 4.18. The van der Waals surface area contributed by atoms with Crippen molar-refractivity contribution in [2.24, 2.45) is 5.73 Å². The molecule has 0 saturated heterocycles. The molecule has 0 spiro atoms. The predicted molar refractivity (Wildman–Crippen MR) is 87.6 cm³/mol. The Morgan fingerprint density at radius 3 is 1.52 bits per heavy atom. The van der Waals surface area contributed by atoms with Crippen LogP contribution in [0.15, 0.2) is 0 Å². The van der Waals surface area contributed by atoms with Crippen LogP contribution in [-0.4, -0.2) is 63.7 Å². The van der Waals surface area contributed by atoms with Crippen molar-refractivity contribution < 1.29 is 39.5 Å². The monoisotopic (exact) mass is 355 g/mol. The molecular formula is C16H21NO8. The molecule has 138 valence electrons. The molecule has 9 heteroatoms. The van der Waals surface area contributed by atoms with Gasteiger partial charge in [0.05, 0.1) is 7.11 Å². The minimum absolute atomic E-state index is 0.00662. The highest BCUT2D eigenvalue weighted by Crippen LogP contribution is 1.90. The number of rotatable bonds is 6. The summed E-state index contributed by atoms with van der Waals surface area (Å²) in [5, 5.41) is 33.1. The van der Waals surface area contributed by atoms with Crippen LogP contribution in [0.5, 0.6) is 0 Å². The van der Waals surface area contributed by atoms with E-state index in [0.717, 1.165) is 0 Å². The van der Waals surface area contributed by atoms with Crippen molar-refractivity contribution in [3.05, 3.63) is 0 Å². The fourth-order valence-corrected chi connectivity index (χ4v) is 0.744. The first-order valence-corrected chi connectivity index (χ1v) is 6.54. The molecule has 0 bridgehead atoms. The van der Waals surface area contributed by atoms with Crippen molar-refractivity contribution in [2.75, 3.05) is 7.11 Å². The van der Waals surface area contributed by atoms with Gasteiger partial charge >= 0.3 is 17.9 Å². The highest BCUT2D eigenvalue weighted by molar-refractivity contribution is 5.74. The zero-order valence-corrected chi connectivity index (χ0v) is 13.6. The van der Waals surface area contributed by atoms with Crippen LogP contribution in [-0.2, 0) is 19.1 Å². The Bertz CT molecular complexity index is 506. The summed E-state index contributed by atoms with van der Waals surface area (Å²) in [6.07, 6.45) is 11.7. The third-order valence-corrected chi connectivity index (χ3v) is 2.04. The van der Waals surface area contributed by atoms with Crippen LogP contribution in [0.25, 0.3) is 0 Å². The van der Waals surface area contributed by atoms with Crippen molar-refractivity contribution >= 4 is 17.9 Å². The molecule has 0 heterocycles. The molecule has 0 aromatic heterocycles. The van der Waals surface area contributed by atoms with Gasteiger partial charge in [-0.2, -0.15) is 0 Å². The van der Waals surface area contributed by atoms with Crippen LogP contribution >= 0.6 is 0 Å². The lowest BCUT2D eigenvalue weighted by Crippen LogP contribution is -2.29. The first-order valence-electron chi connectivity index (χ1n) is 6.54. The van der Waals surface area contributed by atoms with Crippen molar-refractivity contribution in [3.8, 4) is 37.0 Å². The van der Waals surface area contributed by atoms with E-state index >= 15 is 0 Å². The smallest absolute Gasteiger partial charge is 0.335 e. The molecule has 0 unspecified atom stereocenters. The van der Waals surface area contributed by atoms with Gasteiger partial charge in [-0.25, -0.2) is 9.59 Å². The average Bonchev–Trinajstić information content (AvgIpc) is 2.55. The lowest BCUT2D eigenvalue weighted by atomic mass is 10.2. The Hall–Kier alpha value is -3.03. The van der Waals surface area contributed by atoms with E-state index < -0.39 is 36.2 Å². The molecule has 0 aromatic carbocycles. The van der Waals surface area contributed by atoms with Gasteiger partial charge in [-0.05, 0) is 0 Å². The van der Waals surface area contributed by atoms with Crippen LogP contribution in [0.4, 0.5) is 0 Å². The van der Waals surface area contributed by atoms with Gasteiger partial charge in [-0.1, -0.05) is 0 Å². The number of esters is 1. The second kappa shape index (κ2) is 17.3. The first-order chi connectivity index (χ1) is 11.6. The van der Waals surface area contributed by atoms with E-state index in [4.69, 9.17) is 45.4 Å². The minimum atomic E-state index is -1.40. The number of hydrogen-bond donors (Lipinski definition) is 5. The Morgan fingerprint density at radius 1 is 0.920 bits per heavy atom. The third kappa shape index (κ3) is 18.9. The van der Waals surface area contributed by atoms with Gasteiger partial charge in [0.15, 0.2) is 12.2 Å². The SMILES string of the molecule is C#CC[C@@H](N)C(=O)O.C#CC[C@@H](O)C(=O)O.C#CC[C@@H](O)C(=O)OC. The van der Waals surface area contributed by atoms with Crippen molar-refractivity contribution in [3.63, 3.8) is 0 Å². The molecule has 9 nitrogen and oxygen atoms in total. The maximum absolute atomic E-state index is 10.3. The number of terminal acetylenes is 3. The van der Waals surface area contributed by atoms with Crippen LogP contribution in [0.1, 0.15) is 19.3 Å². The summed E-state index contributed by atoms with van der Waals surface area (Å²) in [5.41, 5.74) is 4.98. The summed E-state index contributed by atoms with van der Waals surface area (Å²) in [4.78, 5) is 29.9. The first kappa shape index (κ1) is 26.8. The van der Waals surface area contributed by atoms with Gasteiger partial charge in [-0.3, -0.25) is 4.79 Å². The minimum Gasteiger partial charge on any atom is -0.480 e. The molecule has 25 heavy (non-hydrogen) atoms. The topological polar surface area (TPSA) is 167 Å². The van der Waals surface area contributed by atoms with Gasteiger partial charge in [-0.15, -0.1) is 37.0 Å². The fourth-order valence-electron chi connectivity index (χ4n) is 0.744. The summed E-state index contributed by atoms with van der Waals surface area (Å²) in [7, 11) is 1.20. The molecule has 0 aliphatic heterocycles. The van der Waals surface area contributed by atoms with Crippen LogP contribution < -0.4 is 5.73 Å². The number of aliphatic hydroxyl groups excluding tert-OH is 2. The number of carbonyl (C=O) groups is 3. The Kier molecular flexibility index (Phi) is 18.6. The highest BCUT2D eigenvalue weighted by atomic mass is 16.5. The second-order valence-electron chi connectivity index (χ2n) is 4.06. The van der Waals surface area contributed by atoms with Crippen LogP contribution in [0, 0.1) is 37.0 Å². The number of carboxylic acids is 2. The largest absolute Gasteiger partial charge is 0.480 e.